The SMILES string of the molecule is O=C(NCc1cc(-c2ccc(F)cc2)on1)c1ccccc1[N+](=O)[O-]. The molecule has 0 aliphatic carbocycles. The van der Waals surface area contributed by atoms with Crippen LogP contribution in [0.1, 0.15) is 16.1 Å². The minimum Gasteiger partial charge on any atom is -0.356 e. The predicted molar refractivity (Wildman–Crippen MR) is 86.2 cm³/mol. The summed E-state index contributed by atoms with van der Waals surface area (Å²) in [5, 5.41) is 17.3. The molecule has 3 rings (SSSR count). The molecule has 0 aliphatic heterocycles. The molecule has 1 heterocycles. The third kappa shape index (κ3) is 3.69. The number of benzene rings is 2. The quantitative estimate of drug-likeness (QED) is 0.567. The monoisotopic (exact) mass is 341 g/mol. The van der Waals surface area contributed by atoms with E-state index in [-0.39, 0.29) is 23.6 Å². The van der Waals surface area contributed by atoms with Crippen molar-refractivity contribution in [2.45, 2.75) is 6.54 Å². The number of nitrogens with zero attached hydrogens (tertiary/aromatic N) is 2. The first kappa shape index (κ1) is 16.3. The van der Waals surface area contributed by atoms with Gasteiger partial charge in [-0.25, -0.2) is 4.39 Å². The van der Waals surface area contributed by atoms with Crippen molar-refractivity contribution in [3.63, 3.8) is 0 Å². The molecule has 0 unspecified atom stereocenters. The number of hydrogen-bond donors (Lipinski definition) is 1. The van der Waals surface area contributed by atoms with Crippen molar-refractivity contribution in [2.24, 2.45) is 0 Å². The van der Waals surface area contributed by atoms with Crippen LogP contribution in [0.4, 0.5) is 10.1 Å². The first-order valence-electron chi connectivity index (χ1n) is 7.28. The number of halogens is 1. The normalized spacial score (nSPS) is 10.4. The zero-order valence-electron chi connectivity index (χ0n) is 12.8. The maximum atomic E-state index is 12.9. The number of aromatic nitrogens is 1. The van der Waals surface area contributed by atoms with E-state index in [1.54, 1.807) is 24.3 Å². The third-order valence-electron chi connectivity index (χ3n) is 3.46. The van der Waals surface area contributed by atoms with Crippen molar-refractivity contribution in [2.75, 3.05) is 0 Å². The number of nitro benzene ring substituents is 1. The van der Waals surface area contributed by atoms with Crippen LogP contribution in [-0.4, -0.2) is 16.0 Å². The first-order chi connectivity index (χ1) is 12.0. The standard InChI is InChI=1S/C17H12FN3O4/c18-12-7-5-11(6-8-12)16-9-13(20-25-16)10-19-17(22)14-3-1-2-4-15(14)21(23)24/h1-9H,10H2,(H,19,22). The summed E-state index contributed by atoms with van der Waals surface area (Å²) < 4.78 is 18.1. The molecule has 126 valence electrons. The van der Waals surface area contributed by atoms with Crippen LogP contribution in [0.3, 0.4) is 0 Å². The largest absolute Gasteiger partial charge is 0.356 e. The zero-order valence-corrected chi connectivity index (χ0v) is 12.8. The van der Waals surface area contributed by atoms with Crippen LogP contribution in [0.2, 0.25) is 0 Å². The first-order valence-corrected chi connectivity index (χ1v) is 7.28. The van der Waals surface area contributed by atoms with Crippen LogP contribution in [0.15, 0.2) is 59.1 Å². The van der Waals surface area contributed by atoms with Gasteiger partial charge in [-0.05, 0) is 30.3 Å². The summed E-state index contributed by atoms with van der Waals surface area (Å²) in [6.45, 7) is 0.0373. The average Bonchev–Trinajstić information content (AvgIpc) is 3.09. The Morgan fingerprint density at radius 2 is 1.92 bits per heavy atom. The van der Waals surface area contributed by atoms with Crippen LogP contribution in [-0.2, 0) is 6.54 Å². The Hall–Kier alpha value is -3.55. The molecule has 0 aliphatic rings. The summed E-state index contributed by atoms with van der Waals surface area (Å²) in [5.74, 6) is -0.520. The van der Waals surface area contributed by atoms with Gasteiger partial charge in [-0.2, -0.15) is 0 Å². The van der Waals surface area contributed by atoms with Gasteiger partial charge in [0.25, 0.3) is 11.6 Å². The van der Waals surface area contributed by atoms with Gasteiger partial charge in [0.05, 0.1) is 11.5 Å². The molecule has 0 spiro atoms. The summed E-state index contributed by atoms with van der Waals surface area (Å²) in [5.41, 5.74) is 0.776. The minimum absolute atomic E-state index is 0.0326. The lowest BCUT2D eigenvalue weighted by molar-refractivity contribution is -0.385. The topological polar surface area (TPSA) is 98.3 Å². The second-order valence-corrected chi connectivity index (χ2v) is 5.15. The summed E-state index contributed by atoms with van der Waals surface area (Å²) in [4.78, 5) is 22.5. The molecule has 8 heteroatoms. The molecule has 0 fully saturated rings. The Balaban J connectivity index is 1.69. The van der Waals surface area contributed by atoms with Crippen LogP contribution in [0, 0.1) is 15.9 Å². The lowest BCUT2D eigenvalue weighted by Gasteiger charge is -2.03. The number of carbonyl (C=O) groups is 1. The second-order valence-electron chi connectivity index (χ2n) is 5.15. The number of rotatable bonds is 5. The Bertz CT molecular complexity index is 922. The fourth-order valence-corrected chi connectivity index (χ4v) is 2.24. The number of amides is 1. The molecule has 0 saturated heterocycles. The molecule has 0 atom stereocenters. The molecule has 0 radical (unpaired) electrons. The van der Waals surface area contributed by atoms with E-state index in [0.29, 0.717) is 17.0 Å². The molecule has 7 nitrogen and oxygen atoms in total. The maximum Gasteiger partial charge on any atom is 0.282 e. The highest BCUT2D eigenvalue weighted by Gasteiger charge is 2.19. The molecular weight excluding hydrogens is 329 g/mol. The summed E-state index contributed by atoms with van der Waals surface area (Å²) in [7, 11) is 0. The third-order valence-corrected chi connectivity index (χ3v) is 3.46. The maximum absolute atomic E-state index is 12.9. The van der Waals surface area contributed by atoms with Crippen molar-refractivity contribution >= 4 is 11.6 Å². The van der Waals surface area contributed by atoms with Gasteiger partial charge in [0.2, 0.25) is 0 Å². The predicted octanol–water partition coefficient (Wildman–Crippen LogP) is 3.32. The molecule has 2 aromatic carbocycles. The number of nitrogens with one attached hydrogen (secondary N) is 1. The van der Waals surface area contributed by atoms with E-state index in [0.717, 1.165) is 0 Å². The number of carbonyl (C=O) groups excluding carboxylic acids is 1. The van der Waals surface area contributed by atoms with Crippen LogP contribution >= 0.6 is 0 Å². The number of hydrogen-bond acceptors (Lipinski definition) is 5. The molecule has 25 heavy (non-hydrogen) atoms. The van der Waals surface area contributed by atoms with E-state index in [9.17, 15) is 19.3 Å². The van der Waals surface area contributed by atoms with Gasteiger partial charge in [0.1, 0.15) is 17.1 Å². The molecule has 3 aromatic rings. The highest BCUT2D eigenvalue weighted by atomic mass is 19.1. The van der Waals surface area contributed by atoms with Crippen molar-refractivity contribution < 1.29 is 18.6 Å². The van der Waals surface area contributed by atoms with Crippen LogP contribution in [0.25, 0.3) is 11.3 Å². The van der Waals surface area contributed by atoms with Gasteiger partial charge in [0.15, 0.2) is 5.76 Å². The van der Waals surface area contributed by atoms with Gasteiger partial charge >= 0.3 is 0 Å². The van der Waals surface area contributed by atoms with Gasteiger partial charge in [-0.3, -0.25) is 14.9 Å². The minimum atomic E-state index is -0.613. The van der Waals surface area contributed by atoms with E-state index in [1.165, 1.54) is 30.3 Å². The van der Waals surface area contributed by atoms with E-state index in [1.807, 2.05) is 0 Å². The zero-order chi connectivity index (χ0) is 17.8. The molecule has 1 aromatic heterocycles. The fourth-order valence-electron chi connectivity index (χ4n) is 2.24. The molecule has 0 saturated carbocycles. The van der Waals surface area contributed by atoms with Crippen molar-refractivity contribution in [3.05, 3.63) is 81.8 Å². The molecule has 1 N–H and O–H groups in total. The van der Waals surface area contributed by atoms with Gasteiger partial charge < -0.3 is 9.84 Å². The van der Waals surface area contributed by atoms with Gasteiger partial charge in [0, 0.05) is 17.7 Å². The Morgan fingerprint density at radius 1 is 1.20 bits per heavy atom. The summed E-state index contributed by atoms with van der Waals surface area (Å²) in [6.07, 6.45) is 0. The van der Waals surface area contributed by atoms with E-state index in [4.69, 9.17) is 4.52 Å². The van der Waals surface area contributed by atoms with Crippen molar-refractivity contribution in [1.82, 2.24) is 10.5 Å². The second kappa shape index (κ2) is 6.91. The fraction of sp³-hybridized carbons (Fsp3) is 0.0588. The lowest BCUT2D eigenvalue weighted by atomic mass is 10.1. The lowest BCUT2D eigenvalue weighted by Crippen LogP contribution is -2.23. The average molecular weight is 341 g/mol. The molecular formula is C17H12FN3O4. The van der Waals surface area contributed by atoms with E-state index < -0.39 is 10.8 Å². The number of nitro groups is 1. The number of para-hydroxylation sites is 1. The van der Waals surface area contributed by atoms with E-state index >= 15 is 0 Å². The van der Waals surface area contributed by atoms with Crippen LogP contribution in [0.5, 0.6) is 0 Å². The molecule has 0 bridgehead atoms. The van der Waals surface area contributed by atoms with Crippen molar-refractivity contribution in [3.8, 4) is 11.3 Å². The Labute approximate surface area is 141 Å². The molecule has 1 amide bonds. The van der Waals surface area contributed by atoms with Gasteiger partial charge in [-0.15, -0.1) is 0 Å². The summed E-state index contributed by atoms with van der Waals surface area (Å²) in [6, 6.07) is 13.0. The summed E-state index contributed by atoms with van der Waals surface area (Å²) >= 11 is 0. The Kier molecular flexibility index (Phi) is 4.51. The highest BCUT2D eigenvalue weighted by Crippen LogP contribution is 2.21. The van der Waals surface area contributed by atoms with E-state index in [2.05, 4.69) is 10.5 Å². The smallest absolute Gasteiger partial charge is 0.282 e. The van der Waals surface area contributed by atoms with Crippen molar-refractivity contribution in [1.29, 1.82) is 0 Å². The highest BCUT2D eigenvalue weighted by molar-refractivity contribution is 5.98. The Morgan fingerprint density at radius 3 is 2.64 bits per heavy atom. The van der Waals surface area contributed by atoms with Gasteiger partial charge in [-0.1, -0.05) is 17.3 Å². The van der Waals surface area contributed by atoms with Crippen LogP contribution < -0.4 is 5.32 Å².